The van der Waals surface area contributed by atoms with Crippen LogP contribution in [0.15, 0.2) is 35.8 Å². The lowest BCUT2D eigenvalue weighted by Gasteiger charge is -2.16. The molecule has 0 aliphatic rings. The molecule has 1 unspecified atom stereocenters. The molecule has 1 atom stereocenters. The van der Waals surface area contributed by atoms with Crippen molar-refractivity contribution in [1.82, 2.24) is 10.3 Å². The smallest absolute Gasteiger partial charge is 0.327 e. The molecule has 19 heavy (non-hydrogen) atoms. The van der Waals surface area contributed by atoms with Gasteiger partial charge in [-0.1, -0.05) is 30.3 Å². The first-order valence-corrected chi connectivity index (χ1v) is 6.85. The van der Waals surface area contributed by atoms with E-state index < -0.39 is 6.04 Å². The molecule has 5 heteroatoms. The molecule has 0 bridgehead atoms. The van der Waals surface area contributed by atoms with Gasteiger partial charge in [0.05, 0.1) is 18.3 Å². The standard InChI is InChI=1S/C14H16N2O2S/c1-10-12(19-9-16-10)8-15-13(14(17)18-2)11-6-4-3-5-7-11/h3-7,9,13,15H,8H2,1-2H3. The highest BCUT2D eigenvalue weighted by molar-refractivity contribution is 7.09. The summed E-state index contributed by atoms with van der Waals surface area (Å²) in [5.41, 5.74) is 3.70. The first-order chi connectivity index (χ1) is 9.22. The number of aromatic nitrogens is 1. The van der Waals surface area contributed by atoms with E-state index >= 15 is 0 Å². The van der Waals surface area contributed by atoms with Crippen LogP contribution in [-0.2, 0) is 16.1 Å². The zero-order chi connectivity index (χ0) is 13.7. The summed E-state index contributed by atoms with van der Waals surface area (Å²) < 4.78 is 4.85. The Bertz CT molecular complexity index is 539. The molecule has 0 fully saturated rings. The highest BCUT2D eigenvalue weighted by Crippen LogP contribution is 2.17. The summed E-state index contributed by atoms with van der Waals surface area (Å²) >= 11 is 1.58. The van der Waals surface area contributed by atoms with Crippen LogP contribution in [0.5, 0.6) is 0 Å². The Labute approximate surface area is 116 Å². The van der Waals surface area contributed by atoms with Crippen LogP contribution >= 0.6 is 11.3 Å². The van der Waals surface area contributed by atoms with Gasteiger partial charge >= 0.3 is 5.97 Å². The Morgan fingerprint density at radius 3 is 2.74 bits per heavy atom. The van der Waals surface area contributed by atoms with Crippen LogP contribution in [0.1, 0.15) is 22.2 Å². The summed E-state index contributed by atoms with van der Waals surface area (Å²) in [4.78, 5) is 17.2. The second kappa shape index (κ2) is 6.45. The molecule has 2 aromatic rings. The van der Waals surface area contributed by atoms with Crippen molar-refractivity contribution in [3.8, 4) is 0 Å². The fraction of sp³-hybridized carbons (Fsp3) is 0.286. The maximum atomic E-state index is 11.9. The monoisotopic (exact) mass is 276 g/mol. The number of rotatable bonds is 5. The summed E-state index contributed by atoms with van der Waals surface area (Å²) in [5, 5.41) is 3.23. The van der Waals surface area contributed by atoms with Gasteiger partial charge in [0.2, 0.25) is 0 Å². The molecule has 1 N–H and O–H groups in total. The zero-order valence-corrected chi connectivity index (χ0v) is 11.7. The minimum absolute atomic E-state index is 0.284. The van der Waals surface area contributed by atoms with Gasteiger partial charge in [-0.05, 0) is 12.5 Å². The van der Waals surface area contributed by atoms with Crippen molar-refractivity contribution in [2.45, 2.75) is 19.5 Å². The Morgan fingerprint density at radius 2 is 2.16 bits per heavy atom. The van der Waals surface area contributed by atoms with Gasteiger partial charge in [0.25, 0.3) is 0 Å². The summed E-state index contributed by atoms with van der Waals surface area (Å²) in [6, 6.07) is 9.11. The summed E-state index contributed by atoms with van der Waals surface area (Å²) in [5.74, 6) is -0.284. The molecule has 2 rings (SSSR count). The predicted octanol–water partition coefficient (Wildman–Crippen LogP) is 2.46. The van der Waals surface area contributed by atoms with Crippen LogP contribution in [0.25, 0.3) is 0 Å². The number of hydrogen-bond donors (Lipinski definition) is 1. The van der Waals surface area contributed by atoms with Crippen LogP contribution in [-0.4, -0.2) is 18.1 Å². The topological polar surface area (TPSA) is 51.2 Å². The van der Waals surface area contributed by atoms with Crippen molar-refractivity contribution in [3.05, 3.63) is 52.0 Å². The average Bonchev–Trinajstić information content (AvgIpc) is 2.85. The maximum absolute atomic E-state index is 11.9. The van der Waals surface area contributed by atoms with Gasteiger partial charge in [-0.3, -0.25) is 5.32 Å². The van der Waals surface area contributed by atoms with Gasteiger partial charge in [-0.2, -0.15) is 0 Å². The third kappa shape index (κ3) is 3.39. The molecule has 0 radical (unpaired) electrons. The van der Waals surface area contributed by atoms with Crippen LogP contribution in [0.2, 0.25) is 0 Å². The van der Waals surface area contributed by atoms with Gasteiger partial charge in [0.15, 0.2) is 0 Å². The number of thiazole rings is 1. The van der Waals surface area contributed by atoms with Gasteiger partial charge in [-0.25, -0.2) is 9.78 Å². The van der Waals surface area contributed by atoms with E-state index in [0.717, 1.165) is 16.1 Å². The average molecular weight is 276 g/mol. The summed E-state index contributed by atoms with van der Waals surface area (Å²) in [6.07, 6.45) is 0. The number of carbonyl (C=O) groups excluding carboxylic acids is 1. The number of hydrogen-bond acceptors (Lipinski definition) is 5. The Kier molecular flexibility index (Phi) is 4.65. The van der Waals surface area contributed by atoms with E-state index in [1.54, 1.807) is 11.3 Å². The molecule has 0 amide bonds. The number of nitrogens with zero attached hydrogens (tertiary/aromatic N) is 1. The number of methoxy groups -OCH3 is 1. The zero-order valence-electron chi connectivity index (χ0n) is 10.9. The molecule has 4 nitrogen and oxygen atoms in total. The van der Waals surface area contributed by atoms with E-state index in [1.165, 1.54) is 7.11 Å². The molecule has 1 aromatic carbocycles. The van der Waals surface area contributed by atoms with E-state index in [-0.39, 0.29) is 5.97 Å². The lowest BCUT2D eigenvalue weighted by molar-refractivity contribution is -0.143. The Morgan fingerprint density at radius 1 is 1.42 bits per heavy atom. The number of benzene rings is 1. The van der Waals surface area contributed by atoms with Crippen molar-refractivity contribution in [2.75, 3.05) is 7.11 Å². The molecular weight excluding hydrogens is 260 g/mol. The molecule has 0 saturated heterocycles. The van der Waals surface area contributed by atoms with E-state index in [1.807, 2.05) is 42.8 Å². The van der Waals surface area contributed by atoms with Gasteiger partial charge in [0, 0.05) is 11.4 Å². The minimum atomic E-state index is -0.451. The number of nitrogens with one attached hydrogen (secondary N) is 1. The summed E-state index contributed by atoms with van der Waals surface area (Å²) in [7, 11) is 1.40. The number of ether oxygens (including phenoxy) is 1. The number of esters is 1. The highest BCUT2D eigenvalue weighted by atomic mass is 32.1. The summed E-state index contributed by atoms with van der Waals surface area (Å²) in [6.45, 7) is 2.56. The second-order valence-corrected chi connectivity index (χ2v) is 5.05. The van der Waals surface area contributed by atoms with Crippen LogP contribution < -0.4 is 5.32 Å². The van der Waals surface area contributed by atoms with E-state index in [0.29, 0.717) is 6.54 Å². The number of carbonyl (C=O) groups is 1. The molecule has 0 spiro atoms. The predicted molar refractivity (Wildman–Crippen MR) is 74.9 cm³/mol. The van der Waals surface area contributed by atoms with E-state index in [4.69, 9.17) is 4.74 Å². The van der Waals surface area contributed by atoms with Crippen molar-refractivity contribution in [2.24, 2.45) is 0 Å². The number of aryl methyl sites for hydroxylation is 1. The molecule has 1 heterocycles. The quantitative estimate of drug-likeness (QED) is 0.852. The molecule has 100 valence electrons. The minimum Gasteiger partial charge on any atom is -0.468 e. The van der Waals surface area contributed by atoms with Crippen LogP contribution in [0.3, 0.4) is 0 Å². The van der Waals surface area contributed by atoms with Gasteiger partial charge in [-0.15, -0.1) is 11.3 Å². The van der Waals surface area contributed by atoms with Crippen LogP contribution in [0, 0.1) is 6.92 Å². The third-order valence-electron chi connectivity index (χ3n) is 2.88. The van der Waals surface area contributed by atoms with Gasteiger partial charge in [0.1, 0.15) is 6.04 Å². The first-order valence-electron chi connectivity index (χ1n) is 5.97. The molecule has 0 aliphatic carbocycles. The lowest BCUT2D eigenvalue weighted by atomic mass is 10.1. The normalized spacial score (nSPS) is 12.1. The molecule has 1 aromatic heterocycles. The van der Waals surface area contributed by atoms with E-state index in [9.17, 15) is 4.79 Å². The lowest BCUT2D eigenvalue weighted by Crippen LogP contribution is -2.29. The second-order valence-electron chi connectivity index (χ2n) is 4.11. The van der Waals surface area contributed by atoms with Gasteiger partial charge < -0.3 is 4.74 Å². The molecule has 0 aliphatic heterocycles. The Hall–Kier alpha value is -1.72. The Balaban J connectivity index is 2.11. The van der Waals surface area contributed by atoms with Crippen molar-refractivity contribution in [3.63, 3.8) is 0 Å². The maximum Gasteiger partial charge on any atom is 0.327 e. The largest absolute Gasteiger partial charge is 0.468 e. The fourth-order valence-electron chi connectivity index (χ4n) is 1.79. The molecular formula is C14H16N2O2S. The van der Waals surface area contributed by atoms with Crippen molar-refractivity contribution < 1.29 is 9.53 Å². The molecule has 0 saturated carbocycles. The first kappa shape index (κ1) is 13.7. The SMILES string of the molecule is COC(=O)C(NCc1scnc1C)c1ccccc1. The van der Waals surface area contributed by atoms with Crippen molar-refractivity contribution in [1.29, 1.82) is 0 Å². The van der Waals surface area contributed by atoms with Crippen molar-refractivity contribution >= 4 is 17.3 Å². The van der Waals surface area contributed by atoms with E-state index in [2.05, 4.69) is 10.3 Å². The van der Waals surface area contributed by atoms with Crippen LogP contribution in [0.4, 0.5) is 0 Å². The third-order valence-corrected chi connectivity index (χ3v) is 3.82. The fourth-order valence-corrected chi connectivity index (χ4v) is 2.52. The highest BCUT2D eigenvalue weighted by Gasteiger charge is 2.20.